The van der Waals surface area contributed by atoms with E-state index in [1.165, 1.54) is 29.5 Å². The highest BCUT2D eigenvalue weighted by molar-refractivity contribution is 7.92. The van der Waals surface area contributed by atoms with E-state index >= 15 is 0 Å². The van der Waals surface area contributed by atoms with Crippen LogP contribution in [0.25, 0.3) is 10.6 Å². The molecule has 0 bridgehead atoms. The highest BCUT2D eigenvalue weighted by Crippen LogP contribution is 2.30. The van der Waals surface area contributed by atoms with Crippen LogP contribution in [0.1, 0.15) is 16.7 Å². The first-order valence-electron chi connectivity index (χ1n) is 10.7. The Labute approximate surface area is 213 Å². The predicted octanol–water partition coefficient (Wildman–Crippen LogP) is 5.62. The second kappa shape index (κ2) is 10.2. The molecule has 0 aliphatic carbocycles. The van der Waals surface area contributed by atoms with Gasteiger partial charge in [-0.1, -0.05) is 76.5 Å². The predicted molar refractivity (Wildman–Crippen MR) is 141 cm³/mol. The Morgan fingerprint density at radius 2 is 1.57 bits per heavy atom. The molecule has 0 unspecified atom stereocenters. The van der Waals surface area contributed by atoms with Crippen LogP contribution in [0.5, 0.6) is 0 Å². The fraction of sp³-hybridized carbons (Fsp3) is 0.160. The molecule has 7 nitrogen and oxygen atoms in total. The molecule has 0 radical (unpaired) electrons. The molecule has 1 amide bonds. The number of aryl methyl sites for hydroxylation is 3. The van der Waals surface area contributed by atoms with E-state index in [1.54, 1.807) is 31.2 Å². The van der Waals surface area contributed by atoms with Crippen LogP contribution < -0.4 is 9.62 Å². The van der Waals surface area contributed by atoms with Crippen molar-refractivity contribution in [3.63, 3.8) is 0 Å². The average Bonchev–Trinajstić information content (AvgIpc) is 3.28. The third-order valence-electron chi connectivity index (χ3n) is 5.31. The van der Waals surface area contributed by atoms with Gasteiger partial charge in [0.1, 0.15) is 11.6 Å². The van der Waals surface area contributed by atoms with Crippen molar-refractivity contribution < 1.29 is 13.2 Å². The molecule has 10 heteroatoms. The van der Waals surface area contributed by atoms with Crippen LogP contribution >= 0.6 is 22.9 Å². The molecule has 0 aliphatic rings. The number of nitrogens with zero attached hydrogens (tertiary/aromatic N) is 3. The Morgan fingerprint density at radius 3 is 2.23 bits per heavy atom. The Hall–Kier alpha value is -3.27. The number of aromatic nitrogens is 2. The number of sulfonamides is 1. The van der Waals surface area contributed by atoms with Gasteiger partial charge in [-0.15, -0.1) is 10.2 Å². The number of hydrogen-bond acceptors (Lipinski definition) is 6. The summed E-state index contributed by atoms with van der Waals surface area (Å²) in [6.45, 7) is 5.17. The number of benzene rings is 3. The molecular formula is C25H23ClN4O3S2. The molecule has 0 atom stereocenters. The summed E-state index contributed by atoms with van der Waals surface area (Å²) < 4.78 is 28.2. The third-order valence-corrected chi connectivity index (χ3v) is 8.20. The van der Waals surface area contributed by atoms with Crippen LogP contribution in [-0.2, 0) is 14.8 Å². The SMILES string of the molecule is Cc1ccc(-c2nnc(NC(=O)CN(c3cc(Cl)ccc3C)S(=O)(=O)c3ccc(C)cc3)s2)cc1. The second-order valence-corrected chi connectivity index (χ2v) is 11.4. The van der Waals surface area contributed by atoms with Gasteiger partial charge in [-0.25, -0.2) is 8.42 Å². The standard InChI is InChI=1S/C25H23ClN4O3S2/c1-16-4-9-19(10-5-16)24-28-29-25(34-24)27-23(31)15-30(22-14-20(26)11-8-18(22)3)35(32,33)21-12-6-17(2)7-13-21/h4-14H,15H2,1-3H3,(H,27,29,31). The van der Waals surface area contributed by atoms with E-state index in [9.17, 15) is 13.2 Å². The smallest absolute Gasteiger partial charge is 0.264 e. The fourth-order valence-corrected chi connectivity index (χ4v) is 5.77. The molecule has 0 saturated heterocycles. The molecule has 0 saturated carbocycles. The molecule has 1 aromatic heterocycles. The van der Waals surface area contributed by atoms with Crippen LogP contribution in [-0.4, -0.2) is 31.1 Å². The minimum absolute atomic E-state index is 0.0767. The minimum Gasteiger partial charge on any atom is -0.299 e. The number of carbonyl (C=O) groups excluding carboxylic acids is 1. The molecule has 4 rings (SSSR count). The zero-order valence-electron chi connectivity index (χ0n) is 19.3. The summed E-state index contributed by atoms with van der Waals surface area (Å²) in [4.78, 5) is 13.1. The molecular weight excluding hydrogens is 504 g/mol. The zero-order chi connectivity index (χ0) is 25.2. The normalized spacial score (nSPS) is 11.3. The lowest BCUT2D eigenvalue weighted by atomic mass is 10.2. The largest absolute Gasteiger partial charge is 0.299 e. The van der Waals surface area contributed by atoms with Gasteiger partial charge in [0, 0.05) is 10.6 Å². The third kappa shape index (κ3) is 5.70. The van der Waals surface area contributed by atoms with Crippen molar-refractivity contribution >= 4 is 49.7 Å². The first kappa shape index (κ1) is 24.8. The highest BCUT2D eigenvalue weighted by Gasteiger charge is 2.29. The van der Waals surface area contributed by atoms with Crippen LogP contribution in [0.2, 0.25) is 5.02 Å². The van der Waals surface area contributed by atoms with Crippen molar-refractivity contribution in [1.82, 2.24) is 10.2 Å². The van der Waals surface area contributed by atoms with Crippen molar-refractivity contribution in [1.29, 1.82) is 0 Å². The van der Waals surface area contributed by atoms with Gasteiger partial charge in [0.15, 0.2) is 0 Å². The summed E-state index contributed by atoms with van der Waals surface area (Å²) in [5.41, 5.74) is 3.92. The van der Waals surface area contributed by atoms with Crippen LogP contribution in [0, 0.1) is 20.8 Å². The molecule has 35 heavy (non-hydrogen) atoms. The molecule has 3 aromatic carbocycles. The second-order valence-electron chi connectivity index (χ2n) is 8.08. The Bertz CT molecular complexity index is 1470. The summed E-state index contributed by atoms with van der Waals surface area (Å²) in [5, 5.41) is 12.2. The number of hydrogen-bond donors (Lipinski definition) is 1. The van der Waals surface area contributed by atoms with Crippen LogP contribution in [0.4, 0.5) is 10.8 Å². The van der Waals surface area contributed by atoms with Crippen molar-refractivity contribution in [2.45, 2.75) is 25.7 Å². The summed E-state index contributed by atoms with van der Waals surface area (Å²) in [6, 6.07) is 19.2. The van der Waals surface area contributed by atoms with E-state index in [1.807, 2.05) is 38.1 Å². The molecule has 4 aromatic rings. The Balaban J connectivity index is 1.62. The lowest BCUT2D eigenvalue weighted by Gasteiger charge is -2.25. The number of carbonyl (C=O) groups is 1. The van der Waals surface area contributed by atoms with E-state index in [0.717, 1.165) is 21.0 Å². The first-order valence-corrected chi connectivity index (χ1v) is 13.3. The monoisotopic (exact) mass is 526 g/mol. The Morgan fingerprint density at radius 1 is 0.943 bits per heavy atom. The summed E-state index contributed by atoms with van der Waals surface area (Å²) >= 11 is 7.39. The number of amides is 1. The van der Waals surface area contributed by atoms with E-state index in [-0.39, 0.29) is 10.0 Å². The summed E-state index contributed by atoms with van der Waals surface area (Å²) in [6.07, 6.45) is 0. The van der Waals surface area contributed by atoms with Crippen molar-refractivity contribution in [3.05, 3.63) is 88.4 Å². The number of nitrogens with one attached hydrogen (secondary N) is 1. The minimum atomic E-state index is -4.06. The highest BCUT2D eigenvalue weighted by atomic mass is 35.5. The van der Waals surface area contributed by atoms with Gasteiger partial charge in [0.05, 0.1) is 10.6 Å². The lowest BCUT2D eigenvalue weighted by molar-refractivity contribution is -0.114. The Kier molecular flexibility index (Phi) is 7.20. The van der Waals surface area contributed by atoms with Gasteiger partial charge in [0.2, 0.25) is 11.0 Å². The van der Waals surface area contributed by atoms with Gasteiger partial charge in [-0.2, -0.15) is 0 Å². The lowest BCUT2D eigenvalue weighted by Crippen LogP contribution is -2.38. The van der Waals surface area contributed by atoms with Crippen molar-refractivity contribution in [2.75, 3.05) is 16.2 Å². The maximum atomic E-state index is 13.6. The topological polar surface area (TPSA) is 92.3 Å². The molecule has 1 heterocycles. The van der Waals surface area contributed by atoms with Gasteiger partial charge >= 0.3 is 0 Å². The van der Waals surface area contributed by atoms with Gasteiger partial charge < -0.3 is 0 Å². The summed E-state index contributed by atoms with van der Waals surface area (Å²) in [7, 11) is -4.06. The zero-order valence-corrected chi connectivity index (χ0v) is 21.7. The number of anilines is 2. The van der Waals surface area contributed by atoms with Gasteiger partial charge in [-0.05, 0) is 50.6 Å². The molecule has 180 valence electrons. The molecule has 0 aliphatic heterocycles. The van der Waals surface area contributed by atoms with E-state index < -0.39 is 22.5 Å². The molecule has 0 spiro atoms. The van der Waals surface area contributed by atoms with E-state index in [2.05, 4.69) is 15.5 Å². The maximum Gasteiger partial charge on any atom is 0.264 e. The van der Waals surface area contributed by atoms with E-state index in [4.69, 9.17) is 11.6 Å². The van der Waals surface area contributed by atoms with Gasteiger partial charge in [-0.3, -0.25) is 14.4 Å². The van der Waals surface area contributed by atoms with Crippen LogP contribution in [0.3, 0.4) is 0 Å². The van der Waals surface area contributed by atoms with Crippen molar-refractivity contribution in [3.8, 4) is 10.6 Å². The molecule has 0 fully saturated rings. The molecule has 1 N–H and O–H groups in total. The van der Waals surface area contributed by atoms with E-state index in [0.29, 0.717) is 21.3 Å². The van der Waals surface area contributed by atoms with Crippen LogP contribution in [0.15, 0.2) is 71.6 Å². The van der Waals surface area contributed by atoms with Gasteiger partial charge in [0.25, 0.3) is 10.0 Å². The number of halogens is 1. The maximum absolute atomic E-state index is 13.6. The number of rotatable bonds is 7. The fourth-order valence-electron chi connectivity index (χ4n) is 3.36. The average molecular weight is 527 g/mol. The quantitative estimate of drug-likeness (QED) is 0.337. The van der Waals surface area contributed by atoms with Crippen molar-refractivity contribution in [2.24, 2.45) is 0 Å². The summed E-state index contributed by atoms with van der Waals surface area (Å²) in [5.74, 6) is -0.549. The first-order chi connectivity index (χ1) is 16.6.